The maximum absolute atomic E-state index is 15.5. The van der Waals surface area contributed by atoms with Crippen molar-refractivity contribution in [3.63, 3.8) is 0 Å². The summed E-state index contributed by atoms with van der Waals surface area (Å²) in [6, 6.07) is 9.70. The number of nitrogens with two attached hydrogens (primary N) is 6. The molecule has 0 radical (unpaired) electrons. The summed E-state index contributed by atoms with van der Waals surface area (Å²) in [5, 5.41) is 80.8. The minimum absolute atomic E-state index is 0.00723. The predicted octanol–water partition coefficient (Wildman–Crippen LogP) is -5.74. The Morgan fingerprint density at radius 1 is 0.427 bits per heavy atom. The van der Waals surface area contributed by atoms with Crippen LogP contribution >= 0.6 is 0 Å². The highest BCUT2D eigenvalue weighted by Gasteiger charge is 2.38. The van der Waals surface area contributed by atoms with Crippen LogP contribution in [-0.4, -0.2) is 236 Å². The van der Waals surface area contributed by atoms with E-state index in [2.05, 4.69) is 89.4 Å². The number of phenols is 1. The molecule has 6 aromatic rings. The van der Waals surface area contributed by atoms with E-state index in [-0.39, 0.29) is 96.0 Å². The number of benzene rings is 4. The van der Waals surface area contributed by atoms with Crippen LogP contribution in [0.3, 0.4) is 0 Å². The molecule has 668 valence electrons. The molecule has 0 fully saturated rings. The molecule has 0 aliphatic heterocycles. The molecular formula is C80H109N25O19. The number of fused-ring (bicyclic) bond motifs is 1. The first-order valence-corrected chi connectivity index (χ1v) is 39.7. The van der Waals surface area contributed by atoms with Crippen LogP contribution < -0.4 is 109 Å². The number of carboxylic acids is 2. The predicted molar refractivity (Wildman–Crippen MR) is 448 cm³/mol. The summed E-state index contributed by atoms with van der Waals surface area (Å²) in [7, 11) is 0. The number of hydrogen-bond acceptors (Lipinski definition) is 22. The van der Waals surface area contributed by atoms with Gasteiger partial charge in [0.15, 0.2) is 11.9 Å². The number of H-pyrrole nitrogens is 2. The Morgan fingerprint density at radius 3 is 1.29 bits per heavy atom. The molecule has 6 rings (SSSR count). The van der Waals surface area contributed by atoms with Crippen LogP contribution in [-0.2, 0) is 109 Å². The maximum Gasteiger partial charge on any atom is 0.326 e. The molecule has 0 saturated carbocycles. The van der Waals surface area contributed by atoms with E-state index < -0.39 is 211 Å². The summed E-state index contributed by atoms with van der Waals surface area (Å²) >= 11 is 0. The first kappa shape index (κ1) is 98.2. The van der Waals surface area contributed by atoms with Crippen LogP contribution in [0.5, 0.6) is 5.75 Å². The van der Waals surface area contributed by atoms with Gasteiger partial charge in [-0.1, -0.05) is 91.0 Å². The topological polar surface area (TPSA) is 751 Å². The fraction of sp³-hybridized carbons (Fsp3) is 0.412. The number of carboxylic acid groups (broad SMARTS) is 2. The largest absolute Gasteiger partial charge is 0.508 e. The number of aromatic hydroxyl groups is 1. The summed E-state index contributed by atoms with van der Waals surface area (Å²) < 4.78 is 0. The molecular weight excluding hydrogens is 1620 g/mol. The molecule has 0 bridgehead atoms. The molecule has 33 N–H and O–H groups in total. The van der Waals surface area contributed by atoms with Gasteiger partial charge >= 0.3 is 11.9 Å². The average molecular weight is 1720 g/mol. The van der Waals surface area contributed by atoms with Gasteiger partial charge in [0.1, 0.15) is 72.2 Å². The number of aromatic amines is 2. The van der Waals surface area contributed by atoms with Crippen molar-refractivity contribution < 1.29 is 92.0 Å². The van der Waals surface area contributed by atoms with Gasteiger partial charge in [-0.3, -0.25) is 82.7 Å². The Labute approximate surface area is 711 Å². The van der Waals surface area contributed by atoms with Crippen LogP contribution in [0, 0.1) is 10.8 Å². The van der Waals surface area contributed by atoms with Crippen LogP contribution in [0.15, 0.2) is 128 Å². The number of guanidine groups is 2. The van der Waals surface area contributed by atoms with Crippen molar-refractivity contribution in [1.29, 1.82) is 10.8 Å². The minimum atomic E-state index is -1.74. The molecule has 0 unspecified atom stereocenters. The van der Waals surface area contributed by atoms with Crippen LogP contribution in [0.2, 0.25) is 0 Å². The summed E-state index contributed by atoms with van der Waals surface area (Å²) in [6.45, 7) is 0.553. The second-order valence-electron chi connectivity index (χ2n) is 29.2. The zero-order valence-corrected chi connectivity index (χ0v) is 68.0. The number of para-hydroxylation sites is 1. The SMILES string of the molecule is C[C@H](NC(=O)[C@H](Cc1ccccc1)NC(=O)[C@H](Cc1ccc(O)cc1)NC(=O)[C@H](CCCNC(=N)N)NC(=O)[C@H](Cc1c[nH]c2ccccc12)NC(=O)[C@H](Cc1ccccc1)NC(=O)[C@H](CCC(N)=O)NC(=O)[C@H](CCCCN)NC(=O)[C@H](Cc1cnc[nH]1)NC(=O)[C@H](CCCNC(=N)N)NC(=O)[C@@H](N)CC(=O)O)C(=O)NCC(=O)N[C@@H](CC(N)=O)C(=O)O. The van der Waals surface area contributed by atoms with Crippen molar-refractivity contribution in [1.82, 2.24) is 89.4 Å². The molecule has 2 heterocycles. The molecule has 124 heavy (non-hydrogen) atoms. The van der Waals surface area contributed by atoms with Crippen molar-refractivity contribution in [2.75, 3.05) is 26.2 Å². The third-order valence-corrected chi connectivity index (χ3v) is 19.3. The maximum atomic E-state index is 15.5. The minimum Gasteiger partial charge on any atom is -0.508 e. The standard InChI is InChI=1S/C80H109N25O19/c1-43(67(112)93-41-65(109)96-62(78(123)124)38-64(84)108)95-73(118)57(32-44-14-4-2-5-15-44)103-74(119)59(34-46-23-25-49(106)26-24-46)101-71(116)55(22-13-31-91-80(87)88)99-76(121)60(35-47-39-92-52-19-9-8-18-50(47)52)104-75(120)58(33-45-16-6-3-7-17-45)102-72(117)56(27-28-63(83)107)100-69(114)53(20-10-11-29-81)98-77(122)61(36-48-40-89-42-94-48)105-70(115)54(21-12-30-90-79(85)86)97-68(113)51(82)37-66(110)111/h2-9,14-19,23-26,39-40,42-43,51,53-62,92,106H,10-13,20-22,27-38,41,81-82H2,1H3,(H2,83,107)(H2,84,108)(H,89,94)(H,93,112)(H,95,118)(H,96,109)(H,97,113)(H,98,122)(H,99,121)(H,100,114)(H,101,116)(H,102,117)(H,103,119)(H,104,120)(H,105,115)(H,110,111)(H,123,124)(H4,85,86,90)(H4,87,88,91)/t43-,51-,53-,54-,55-,56-,57-,58-,59-,60-,61-,62-/m0/s1. The number of nitrogens with one attached hydrogen (secondary N) is 18. The molecule has 2 aromatic heterocycles. The third kappa shape index (κ3) is 34.6. The molecule has 12 atom stereocenters. The summed E-state index contributed by atoms with van der Waals surface area (Å²) in [5.41, 5.74) is 36.2. The van der Waals surface area contributed by atoms with Gasteiger partial charge in [0, 0.05) is 80.6 Å². The highest BCUT2D eigenvalue weighted by atomic mass is 16.4. The first-order valence-electron chi connectivity index (χ1n) is 39.7. The number of carbonyl (C=O) groups is 16. The van der Waals surface area contributed by atoms with Crippen molar-refractivity contribution in [2.24, 2.45) is 34.4 Å². The zero-order chi connectivity index (χ0) is 91.0. The summed E-state index contributed by atoms with van der Waals surface area (Å²) in [4.78, 5) is 231. The molecule has 0 aliphatic rings. The molecule has 0 spiro atoms. The highest BCUT2D eigenvalue weighted by Crippen LogP contribution is 2.21. The lowest BCUT2D eigenvalue weighted by atomic mass is 10.00. The van der Waals surface area contributed by atoms with Gasteiger partial charge in [0.05, 0.1) is 31.8 Å². The monoisotopic (exact) mass is 1720 g/mol. The number of aliphatic carboxylic acids is 2. The van der Waals surface area contributed by atoms with Crippen molar-refractivity contribution in [3.8, 4) is 5.75 Å². The number of hydrogen-bond donors (Lipinski definition) is 27. The van der Waals surface area contributed by atoms with Crippen molar-refractivity contribution in [3.05, 3.63) is 156 Å². The third-order valence-electron chi connectivity index (χ3n) is 19.3. The summed E-state index contributed by atoms with van der Waals surface area (Å²) in [6.07, 6.45) is 0.0634. The quantitative estimate of drug-likeness (QED) is 0.00961. The first-order chi connectivity index (χ1) is 59.0. The number of rotatable bonds is 54. The zero-order valence-electron chi connectivity index (χ0n) is 68.0. The lowest BCUT2D eigenvalue weighted by Gasteiger charge is -2.29. The molecule has 14 amide bonds. The highest BCUT2D eigenvalue weighted by molar-refractivity contribution is 6.01. The number of primary amides is 2. The Balaban J connectivity index is 1.33. The Morgan fingerprint density at radius 2 is 0.847 bits per heavy atom. The van der Waals surface area contributed by atoms with E-state index in [0.717, 1.165) is 0 Å². The number of unbranched alkanes of at least 4 members (excludes halogenated alkanes) is 1. The van der Waals surface area contributed by atoms with E-state index in [9.17, 15) is 68.1 Å². The van der Waals surface area contributed by atoms with Gasteiger partial charge in [-0.15, -0.1) is 0 Å². The van der Waals surface area contributed by atoms with Gasteiger partial charge < -0.3 is 134 Å². The number of nitrogens with zero attached hydrogens (tertiary/aromatic N) is 1. The fourth-order valence-electron chi connectivity index (χ4n) is 12.7. The van der Waals surface area contributed by atoms with Gasteiger partial charge in [-0.05, 0) is 105 Å². The number of imidazole rings is 1. The van der Waals surface area contributed by atoms with Gasteiger partial charge in [0.25, 0.3) is 0 Å². The van der Waals surface area contributed by atoms with Crippen LogP contribution in [0.1, 0.15) is 106 Å². The molecule has 44 nitrogen and oxygen atoms in total. The van der Waals surface area contributed by atoms with Crippen molar-refractivity contribution in [2.45, 2.75) is 182 Å². The molecule has 4 aromatic carbocycles. The smallest absolute Gasteiger partial charge is 0.326 e. The second kappa shape index (κ2) is 50.5. The van der Waals surface area contributed by atoms with Crippen LogP contribution in [0.4, 0.5) is 0 Å². The number of amides is 14. The van der Waals surface area contributed by atoms with E-state index in [4.69, 9.17) is 45.2 Å². The molecule has 0 saturated heterocycles. The van der Waals surface area contributed by atoms with E-state index in [1.165, 1.54) is 43.7 Å². The second-order valence-corrected chi connectivity index (χ2v) is 29.2. The lowest BCUT2D eigenvalue weighted by Crippen LogP contribution is -2.61. The van der Waals surface area contributed by atoms with Crippen molar-refractivity contribution >= 4 is 117 Å². The van der Waals surface area contributed by atoms with Gasteiger partial charge in [-0.25, -0.2) is 9.78 Å². The molecule has 0 aliphatic carbocycles. The number of aromatic nitrogens is 3. The Kier molecular flexibility index (Phi) is 40.0. The summed E-state index contributed by atoms with van der Waals surface area (Å²) in [5.74, 6) is -18.0. The van der Waals surface area contributed by atoms with E-state index >= 15 is 24.0 Å². The normalized spacial score (nSPS) is 13.9. The Hall–Kier alpha value is -14.6. The fourth-order valence-corrected chi connectivity index (χ4v) is 12.7. The number of phenolic OH excluding ortho intramolecular Hbond substituents is 1. The Bertz CT molecular complexity index is 4670. The van der Waals surface area contributed by atoms with Gasteiger partial charge in [0.2, 0.25) is 82.7 Å². The number of carbonyl (C=O) groups excluding carboxylic acids is 14. The van der Waals surface area contributed by atoms with Gasteiger partial charge in [-0.2, -0.15) is 0 Å². The van der Waals surface area contributed by atoms with E-state index in [1.807, 2.05) is 0 Å². The lowest BCUT2D eigenvalue weighted by molar-refractivity contribution is -0.143. The van der Waals surface area contributed by atoms with Crippen LogP contribution in [0.25, 0.3) is 10.9 Å². The van der Waals surface area contributed by atoms with E-state index in [1.54, 1.807) is 91.1 Å². The average Bonchev–Trinajstić information content (AvgIpc) is 1.64. The molecule has 44 heteroatoms. The van der Waals surface area contributed by atoms with E-state index in [0.29, 0.717) is 45.3 Å².